The van der Waals surface area contributed by atoms with Gasteiger partial charge in [0.2, 0.25) is 0 Å². The summed E-state index contributed by atoms with van der Waals surface area (Å²) >= 11 is 0. The third-order valence-corrected chi connectivity index (χ3v) is 4.89. The average Bonchev–Trinajstić information content (AvgIpc) is 2.38. The summed E-state index contributed by atoms with van der Waals surface area (Å²) in [4.78, 5) is 0. The number of aryl methyl sites for hydroxylation is 1. The topological polar surface area (TPSA) is 20.2 Å². The minimum absolute atomic E-state index is 0.00592. The molecular weight excluding hydrogens is 244 g/mol. The Hall–Kier alpha value is -0.980. The van der Waals surface area contributed by atoms with Crippen LogP contribution in [-0.2, 0) is 11.8 Å². The lowest BCUT2D eigenvalue weighted by Gasteiger charge is -2.29. The van der Waals surface area contributed by atoms with E-state index in [2.05, 4.69) is 46.8 Å². The highest BCUT2D eigenvalue weighted by molar-refractivity contribution is 5.48. The molecule has 0 heterocycles. The highest BCUT2D eigenvalue weighted by atomic mass is 16.3. The Balaban J connectivity index is 2.39. The molecule has 1 aromatic rings. The van der Waals surface area contributed by atoms with Crippen molar-refractivity contribution in [1.29, 1.82) is 0 Å². The zero-order valence-corrected chi connectivity index (χ0v) is 13.8. The van der Waals surface area contributed by atoms with Gasteiger partial charge in [-0.3, -0.25) is 0 Å². The lowest BCUT2D eigenvalue weighted by molar-refractivity contribution is 0.347. The van der Waals surface area contributed by atoms with E-state index in [0.29, 0.717) is 11.7 Å². The van der Waals surface area contributed by atoms with E-state index < -0.39 is 0 Å². The predicted octanol–water partition coefficient (Wildman–Crippen LogP) is 5.55. The summed E-state index contributed by atoms with van der Waals surface area (Å²) in [6, 6.07) is 4.53. The van der Waals surface area contributed by atoms with Crippen molar-refractivity contribution < 1.29 is 5.11 Å². The van der Waals surface area contributed by atoms with Crippen LogP contribution in [-0.4, -0.2) is 5.11 Å². The molecule has 0 unspecified atom stereocenters. The standard InChI is InChI=1S/C19H30O/c1-6-14-11-16(15-9-7-13(2)8-10-15)12-17(18(14)20)19(3,4)5/h11-13,15,20H,6-10H2,1-5H3. The first-order valence-corrected chi connectivity index (χ1v) is 8.19. The van der Waals surface area contributed by atoms with E-state index in [0.717, 1.165) is 23.5 Å². The Labute approximate surface area is 124 Å². The van der Waals surface area contributed by atoms with Gasteiger partial charge in [0.15, 0.2) is 0 Å². The maximum absolute atomic E-state index is 10.5. The molecule has 0 radical (unpaired) electrons. The van der Waals surface area contributed by atoms with E-state index in [1.807, 2.05) is 0 Å². The van der Waals surface area contributed by atoms with Crippen molar-refractivity contribution in [3.05, 3.63) is 28.8 Å². The molecule has 1 nitrogen and oxygen atoms in total. The van der Waals surface area contributed by atoms with Crippen LogP contribution in [0.3, 0.4) is 0 Å². The van der Waals surface area contributed by atoms with Gasteiger partial charge in [-0.15, -0.1) is 0 Å². The number of benzene rings is 1. The van der Waals surface area contributed by atoms with Crippen molar-refractivity contribution >= 4 is 0 Å². The molecule has 1 aromatic carbocycles. The van der Waals surface area contributed by atoms with Crippen LogP contribution in [0.4, 0.5) is 0 Å². The summed E-state index contributed by atoms with van der Waals surface area (Å²) in [7, 11) is 0. The van der Waals surface area contributed by atoms with Gasteiger partial charge in [-0.2, -0.15) is 0 Å². The molecule has 0 saturated heterocycles. The van der Waals surface area contributed by atoms with Gasteiger partial charge in [0.1, 0.15) is 5.75 Å². The van der Waals surface area contributed by atoms with E-state index in [1.165, 1.54) is 31.2 Å². The molecule has 1 N–H and O–H groups in total. The average molecular weight is 274 g/mol. The number of hydrogen-bond donors (Lipinski definition) is 1. The molecule has 112 valence electrons. The molecule has 1 heteroatoms. The van der Waals surface area contributed by atoms with E-state index in [4.69, 9.17) is 0 Å². The summed E-state index contributed by atoms with van der Waals surface area (Å²) in [6.45, 7) is 11.1. The second-order valence-electron chi connectivity index (χ2n) is 7.64. The molecule has 1 aliphatic carbocycles. The second kappa shape index (κ2) is 5.79. The first kappa shape index (κ1) is 15.4. The van der Waals surface area contributed by atoms with Crippen LogP contribution in [0, 0.1) is 5.92 Å². The van der Waals surface area contributed by atoms with E-state index in [-0.39, 0.29) is 5.41 Å². The Morgan fingerprint density at radius 1 is 1.10 bits per heavy atom. The molecule has 20 heavy (non-hydrogen) atoms. The quantitative estimate of drug-likeness (QED) is 0.750. The van der Waals surface area contributed by atoms with Gasteiger partial charge in [-0.25, -0.2) is 0 Å². The number of phenols is 1. The van der Waals surface area contributed by atoms with Crippen molar-refractivity contribution in [3.63, 3.8) is 0 Å². The van der Waals surface area contributed by atoms with Crippen molar-refractivity contribution in [3.8, 4) is 5.75 Å². The minimum atomic E-state index is 0.00592. The molecule has 1 aliphatic rings. The van der Waals surface area contributed by atoms with Crippen molar-refractivity contribution in [1.82, 2.24) is 0 Å². The number of rotatable bonds is 2. The summed E-state index contributed by atoms with van der Waals surface area (Å²) in [5, 5.41) is 10.5. The fourth-order valence-electron chi connectivity index (χ4n) is 3.39. The lowest BCUT2D eigenvalue weighted by Crippen LogP contribution is -2.15. The number of hydrogen-bond acceptors (Lipinski definition) is 1. The van der Waals surface area contributed by atoms with Gasteiger partial charge >= 0.3 is 0 Å². The summed E-state index contributed by atoms with van der Waals surface area (Å²) in [6.07, 6.45) is 6.21. The summed E-state index contributed by atoms with van der Waals surface area (Å²) in [5.41, 5.74) is 3.69. The Morgan fingerprint density at radius 3 is 2.20 bits per heavy atom. The van der Waals surface area contributed by atoms with Crippen LogP contribution in [0.2, 0.25) is 0 Å². The number of phenolic OH excluding ortho intramolecular Hbond substituents is 1. The van der Waals surface area contributed by atoms with Gasteiger partial charge in [0.05, 0.1) is 0 Å². The molecule has 0 atom stereocenters. The monoisotopic (exact) mass is 274 g/mol. The number of aromatic hydroxyl groups is 1. The maximum Gasteiger partial charge on any atom is 0.122 e. The second-order valence-corrected chi connectivity index (χ2v) is 7.64. The molecule has 0 aromatic heterocycles. The van der Waals surface area contributed by atoms with E-state index in [1.54, 1.807) is 0 Å². The van der Waals surface area contributed by atoms with Gasteiger partial charge in [-0.05, 0) is 53.2 Å². The van der Waals surface area contributed by atoms with E-state index >= 15 is 0 Å². The SMILES string of the molecule is CCc1cc(C2CCC(C)CC2)cc(C(C)(C)C)c1O. The third kappa shape index (κ3) is 3.19. The molecular formula is C19H30O. The fraction of sp³-hybridized carbons (Fsp3) is 0.684. The first-order valence-electron chi connectivity index (χ1n) is 8.19. The van der Waals surface area contributed by atoms with Crippen molar-refractivity contribution in [2.75, 3.05) is 0 Å². The molecule has 0 spiro atoms. The van der Waals surface area contributed by atoms with Crippen LogP contribution in [0.15, 0.2) is 12.1 Å². The van der Waals surface area contributed by atoms with E-state index in [9.17, 15) is 5.11 Å². The van der Waals surface area contributed by atoms with Gasteiger partial charge in [0.25, 0.3) is 0 Å². The fourth-order valence-corrected chi connectivity index (χ4v) is 3.39. The highest BCUT2D eigenvalue weighted by Crippen LogP contribution is 2.41. The largest absolute Gasteiger partial charge is 0.507 e. The molecule has 0 amide bonds. The Kier molecular flexibility index (Phi) is 4.46. The predicted molar refractivity (Wildman–Crippen MR) is 86.6 cm³/mol. The maximum atomic E-state index is 10.5. The molecule has 0 aliphatic heterocycles. The molecule has 2 rings (SSSR count). The smallest absolute Gasteiger partial charge is 0.122 e. The first-order chi connectivity index (χ1) is 9.32. The third-order valence-electron chi connectivity index (χ3n) is 4.89. The van der Waals surface area contributed by atoms with Crippen LogP contribution < -0.4 is 0 Å². The minimum Gasteiger partial charge on any atom is -0.507 e. The van der Waals surface area contributed by atoms with Crippen molar-refractivity contribution in [2.24, 2.45) is 5.92 Å². The Bertz CT molecular complexity index is 459. The zero-order valence-electron chi connectivity index (χ0n) is 13.8. The molecule has 1 saturated carbocycles. The van der Waals surface area contributed by atoms with Crippen molar-refractivity contribution in [2.45, 2.75) is 78.1 Å². The molecule has 1 fully saturated rings. The van der Waals surface area contributed by atoms with Crippen LogP contribution in [0.25, 0.3) is 0 Å². The highest BCUT2D eigenvalue weighted by Gasteiger charge is 2.25. The Morgan fingerprint density at radius 2 is 1.70 bits per heavy atom. The zero-order chi connectivity index (χ0) is 14.9. The van der Waals surface area contributed by atoms with Gasteiger partial charge in [0, 0.05) is 0 Å². The lowest BCUT2D eigenvalue weighted by atomic mass is 9.76. The van der Waals surface area contributed by atoms with Crippen LogP contribution in [0.5, 0.6) is 5.75 Å². The van der Waals surface area contributed by atoms with Gasteiger partial charge < -0.3 is 5.11 Å². The summed E-state index contributed by atoms with van der Waals surface area (Å²) in [5.74, 6) is 2.10. The van der Waals surface area contributed by atoms with Crippen LogP contribution in [0.1, 0.15) is 82.9 Å². The normalized spacial score (nSPS) is 23.9. The summed E-state index contributed by atoms with van der Waals surface area (Å²) < 4.78 is 0. The van der Waals surface area contributed by atoms with Crippen LogP contribution >= 0.6 is 0 Å². The van der Waals surface area contributed by atoms with Gasteiger partial charge in [-0.1, -0.05) is 59.6 Å². The molecule has 0 bridgehead atoms.